The normalized spacial score (nSPS) is 24.3. The van der Waals surface area contributed by atoms with Gasteiger partial charge in [0, 0.05) is 32.2 Å². The van der Waals surface area contributed by atoms with Crippen LogP contribution in [0.2, 0.25) is 0 Å². The molecule has 2 fully saturated rings. The molecule has 2 aliphatic heterocycles. The van der Waals surface area contributed by atoms with Crippen LogP contribution in [0.1, 0.15) is 55.9 Å². The molecule has 0 bridgehead atoms. The van der Waals surface area contributed by atoms with Gasteiger partial charge < -0.3 is 23.9 Å². The van der Waals surface area contributed by atoms with Crippen molar-refractivity contribution in [2.24, 2.45) is 0 Å². The molecule has 0 radical (unpaired) electrons. The molecule has 1 atom stereocenters. The number of rotatable bonds is 7. The van der Waals surface area contributed by atoms with Gasteiger partial charge in [0.15, 0.2) is 0 Å². The summed E-state index contributed by atoms with van der Waals surface area (Å²) in [5.41, 5.74) is 0.478. The number of ether oxygens (including phenoxy) is 1. The van der Waals surface area contributed by atoms with Crippen molar-refractivity contribution in [2.75, 3.05) is 39.4 Å². The van der Waals surface area contributed by atoms with E-state index in [9.17, 15) is 9.59 Å². The zero-order valence-corrected chi connectivity index (χ0v) is 20.1. The van der Waals surface area contributed by atoms with Crippen molar-refractivity contribution in [1.82, 2.24) is 19.7 Å². The van der Waals surface area contributed by atoms with Gasteiger partial charge in [-0.15, -0.1) is 0 Å². The molecular weight excluding hydrogens is 432 g/mol. The first kappa shape index (κ1) is 23.2. The summed E-state index contributed by atoms with van der Waals surface area (Å²) in [4.78, 5) is 31.7. The molecule has 2 amide bonds. The van der Waals surface area contributed by atoms with Crippen LogP contribution in [-0.2, 0) is 16.1 Å². The number of morpholine rings is 1. The Morgan fingerprint density at radius 2 is 1.85 bits per heavy atom. The molecule has 0 unspecified atom stereocenters. The molecular formula is C26H36N4O4. The van der Waals surface area contributed by atoms with E-state index in [0.717, 1.165) is 70.6 Å². The van der Waals surface area contributed by atoms with E-state index in [4.69, 9.17) is 9.15 Å². The lowest BCUT2D eigenvalue weighted by atomic mass is 9.91. The van der Waals surface area contributed by atoms with Crippen LogP contribution in [0, 0.1) is 0 Å². The van der Waals surface area contributed by atoms with Gasteiger partial charge in [-0.25, -0.2) is 0 Å². The number of hydrogen-bond donors (Lipinski definition) is 1. The van der Waals surface area contributed by atoms with Crippen LogP contribution in [0.15, 0.2) is 34.9 Å². The van der Waals surface area contributed by atoms with Gasteiger partial charge in [-0.3, -0.25) is 14.5 Å². The number of nitrogens with one attached hydrogen (secondary N) is 1. The Kier molecular flexibility index (Phi) is 6.79. The average Bonchev–Trinajstić information content (AvgIpc) is 3.52. The SMILES string of the molecule is C[C@@]1(C(=O)NC2CCCCC2)Cn2c(ccc2-c2ccco2)C(=O)N1CCCN1CCOCC1. The minimum Gasteiger partial charge on any atom is -0.463 e. The molecule has 2 aromatic rings. The summed E-state index contributed by atoms with van der Waals surface area (Å²) in [6.45, 7) is 7.13. The molecule has 34 heavy (non-hydrogen) atoms. The smallest absolute Gasteiger partial charge is 0.271 e. The summed E-state index contributed by atoms with van der Waals surface area (Å²) in [7, 11) is 0. The van der Waals surface area contributed by atoms with E-state index in [1.54, 1.807) is 6.26 Å². The first-order chi connectivity index (χ1) is 16.6. The van der Waals surface area contributed by atoms with Crippen molar-refractivity contribution >= 4 is 11.8 Å². The van der Waals surface area contributed by atoms with Crippen LogP contribution < -0.4 is 5.32 Å². The highest BCUT2D eigenvalue weighted by atomic mass is 16.5. The second kappa shape index (κ2) is 9.96. The van der Waals surface area contributed by atoms with Crippen LogP contribution in [0.5, 0.6) is 0 Å². The first-order valence-corrected chi connectivity index (χ1v) is 12.7. The third kappa shape index (κ3) is 4.53. The first-order valence-electron chi connectivity index (χ1n) is 12.7. The number of aromatic nitrogens is 1. The standard InChI is InChI=1S/C26H36N4O4/c1-26(25(32)27-20-7-3-2-4-8-20)19-29-21(23-9-5-16-34-23)10-11-22(29)24(31)30(26)13-6-12-28-14-17-33-18-15-28/h5,9-11,16,20H,2-4,6-8,12-15,17-19H2,1H3,(H,27,32)/t26-/m0/s1. The maximum atomic E-state index is 13.8. The molecule has 184 valence electrons. The molecule has 0 spiro atoms. The molecule has 1 saturated heterocycles. The van der Waals surface area contributed by atoms with E-state index in [1.165, 1.54) is 6.42 Å². The number of carbonyl (C=O) groups is 2. The number of amides is 2. The maximum Gasteiger partial charge on any atom is 0.271 e. The quantitative estimate of drug-likeness (QED) is 0.675. The summed E-state index contributed by atoms with van der Waals surface area (Å²) in [5.74, 6) is 0.561. The third-order valence-electron chi connectivity index (χ3n) is 7.67. The predicted octanol–water partition coefficient (Wildman–Crippen LogP) is 3.13. The Bertz CT molecular complexity index is 989. The Morgan fingerprint density at radius 3 is 2.59 bits per heavy atom. The van der Waals surface area contributed by atoms with E-state index in [2.05, 4.69) is 10.2 Å². The summed E-state index contributed by atoms with van der Waals surface area (Å²) in [6.07, 6.45) is 8.01. The molecule has 8 nitrogen and oxygen atoms in total. The molecule has 1 N–H and O–H groups in total. The van der Waals surface area contributed by atoms with Crippen LogP contribution in [0.3, 0.4) is 0 Å². The summed E-state index contributed by atoms with van der Waals surface area (Å²) < 4.78 is 13.0. The van der Waals surface area contributed by atoms with E-state index < -0.39 is 5.54 Å². The lowest BCUT2D eigenvalue weighted by Gasteiger charge is -2.45. The van der Waals surface area contributed by atoms with Crippen molar-refractivity contribution in [1.29, 1.82) is 0 Å². The van der Waals surface area contributed by atoms with Gasteiger partial charge in [0.05, 0.1) is 31.7 Å². The van der Waals surface area contributed by atoms with Crippen LogP contribution in [0.25, 0.3) is 11.5 Å². The largest absolute Gasteiger partial charge is 0.463 e. The third-order valence-corrected chi connectivity index (χ3v) is 7.67. The zero-order valence-electron chi connectivity index (χ0n) is 20.1. The van der Waals surface area contributed by atoms with Gasteiger partial charge >= 0.3 is 0 Å². The predicted molar refractivity (Wildman–Crippen MR) is 128 cm³/mol. The van der Waals surface area contributed by atoms with Gasteiger partial charge in [-0.05, 0) is 50.5 Å². The Hall–Kier alpha value is -2.58. The lowest BCUT2D eigenvalue weighted by Crippen LogP contribution is -2.65. The molecule has 0 aromatic carbocycles. The molecule has 1 saturated carbocycles. The second-order valence-electron chi connectivity index (χ2n) is 10.0. The van der Waals surface area contributed by atoms with E-state index in [-0.39, 0.29) is 17.9 Å². The van der Waals surface area contributed by atoms with Crippen molar-refractivity contribution < 1.29 is 18.7 Å². The minimum absolute atomic E-state index is 0.0520. The van der Waals surface area contributed by atoms with Crippen LogP contribution in [-0.4, -0.2) is 77.2 Å². The van der Waals surface area contributed by atoms with Gasteiger partial charge in [0.1, 0.15) is 17.0 Å². The number of hydrogen-bond acceptors (Lipinski definition) is 5. The van der Waals surface area contributed by atoms with Crippen molar-refractivity contribution in [2.45, 2.75) is 63.6 Å². The fraction of sp³-hybridized carbons (Fsp3) is 0.615. The summed E-state index contributed by atoms with van der Waals surface area (Å²) >= 11 is 0. The minimum atomic E-state index is -0.965. The van der Waals surface area contributed by atoms with Crippen molar-refractivity contribution in [3.63, 3.8) is 0 Å². The highest BCUT2D eigenvalue weighted by Crippen LogP contribution is 2.34. The molecule has 8 heteroatoms. The van der Waals surface area contributed by atoms with E-state index in [1.807, 2.05) is 40.7 Å². The number of fused-ring (bicyclic) bond motifs is 1. The van der Waals surface area contributed by atoms with Crippen LogP contribution in [0.4, 0.5) is 0 Å². The van der Waals surface area contributed by atoms with E-state index >= 15 is 0 Å². The van der Waals surface area contributed by atoms with Crippen molar-refractivity contribution in [3.05, 3.63) is 36.2 Å². The zero-order chi connectivity index (χ0) is 23.5. The lowest BCUT2D eigenvalue weighted by molar-refractivity contribution is -0.133. The summed E-state index contributed by atoms with van der Waals surface area (Å²) in [6, 6.07) is 7.70. The van der Waals surface area contributed by atoms with Crippen molar-refractivity contribution in [3.8, 4) is 11.5 Å². The molecule has 2 aromatic heterocycles. The number of nitrogens with zero attached hydrogens (tertiary/aromatic N) is 3. The Morgan fingerprint density at radius 1 is 1.09 bits per heavy atom. The molecule has 4 heterocycles. The Balaban J connectivity index is 1.39. The fourth-order valence-electron chi connectivity index (χ4n) is 5.63. The average molecular weight is 469 g/mol. The fourth-order valence-corrected chi connectivity index (χ4v) is 5.63. The maximum absolute atomic E-state index is 13.8. The van der Waals surface area contributed by atoms with Crippen LogP contribution >= 0.6 is 0 Å². The van der Waals surface area contributed by atoms with Gasteiger partial charge in [-0.1, -0.05) is 19.3 Å². The molecule has 1 aliphatic carbocycles. The molecule has 5 rings (SSSR count). The highest BCUT2D eigenvalue weighted by Gasteiger charge is 2.48. The van der Waals surface area contributed by atoms with E-state index in [0.29, 0.717) is 24.5 Å². The van der Waals surface area contributed by atoms with Gasteiger partial charge in [-0.2, -0.15) is 0 Å². The highest BCUT2D eigenvalue weighted by molar-refractivity contribution is 6.00. The Labute approximate surface area is 201 Å². The number of carbonyl (C=O) groups excluding carboxylic acids is 2. The topological polar surface area (TPSA) is 80.0 Å². The van der Waals surface area contributed by atoms with Gasteiger partial charge in [0.2, 0.25) is 5.91 Å². The number of furan rings is 1. The van der Waals surface area contributed by atoms with Gasteiger partial charge in [0.25, 0.3) is 5.91 Å². The second-order valence-corrected chi connectivity index (χ2v) is 10.0. The monoisotopic (exact) mass is 468 g/mol. The molecule has 3 aliphatic rings. The summed E-state index contributed by atoms with van der Waals surface area (Å²) in [5, 5.41) is 3.30.